The molecule has 0 aromatic heterocycles. The zero-order valence-electron chi connectivity index (χ0n) is 12.9. The molecule has 0 spiro atoms. The highest BCUT2D eigenvalue weighted by Crippen LogP contribution is 2.04. The zero-order chi connectivity index (χ0) is 15.0. The molecule has 1 unspecified atom stereocenters. The molecule has 1 N–H and O–H groups in total. The van der Waals surface area contributed by atoms with Crippen molar-refractivity contribution in [2.75, 3.05) is 39.3 Å². The molecule has 0 radical (unpaired) electrons. The standard InChI is InChI=1S/C14H27N3O3/c1-4-12(3)15-13(18)6-7-16-8-10-17(11-9-16)14(19)20-5-2/h12H,4-11H2,1-3H3,(H,15,18). The van der Waals surface area contributed by atoms with Gasteiger partial charge >= 0.3 is 6.09 Å². The van der Waals surface area contributed by atoms with Crippen molar-refractivity contribution in [3.63, 3.8) is 0 Å². The normalized spacial score (nSPS) is 17.6. The molecular weight excluding hydrogens is 258 g/mol. The topological polar surface area (TPSA) is 61.9 Å². The first kappa shape index (κ1) is 16.8. The summed E-state index contributed by atoms with van der Waals surface area (Å²) in [6.45, 7) is 9.98. The van der Waals surface area contributed by atoms with Crippen molar-refractivity contribution >= 4 is 12.0 Å². The molecule has 0 aromatic carbocycles. The third-order valence-corrected chi connectivity index (χ3v) is 3.57. The quantitative estimate of drug-likeness (QED) is 0.793. The molecule has 1 heterocycles. The van der Waals surface area contributed by atoms with Crippen molar-refractivity contribution in [2.45, 2.75) is 39.7 Å². The van der Waals surface area contributed by atoms with E-state index in [4.69, 9.17) is 4.74 Å². The number of amides is 2. The number of piperazine rings is 1. The maximum atomic E-state index is 11.7. The average molecular weight is 285 g/mol. The molecule has 1 rings (SSSR count). The van der Waals surface area contributed by atoms with Gasteiger partial charge in [0.2, 0.25) is 5.91 Å². The third-order valence-electron chi connectivity index (χ3n) is 3.57. The molecule has 1 aliphatic heterocycles. The Kier molecular flexibility index (Phi) is 7.36. The summed E-state index contributed by atoms with van der Waals surface area (Å²) < 4.78 is 4.98. The van der Waals surface area contributed by atoms with Gasteiger partial charge in [0.25, 0.3) is 0 Å². The summed E-state index contributed by atoms with van der Waals surface area (Å²) >= 11 is 0. The first-order chi connectivity index (χ1) is 9.56. The second-order valence-electron chi connectivity index (χ2n) is 5.15. The van der Waals surface area contributed by atoms with Crippen LogP contribution in [0.25, 0.3) is 0 Å². The van der Waals surface area contributed by atoms with E-state index in [9.17, 15) is 9.59 Å². The molecule has 1 aliphatic rings. The van der Waals surface area contributed by atoms with E-state index in [0.29, 0.717) is 26.1 Å². The third kappa shape index (κ3) is 5.77. The van der Waals surface area contributed by atoms with E-state index in [1.165, 1.54) is 0 Å². The highest BCUT2D eigenvalue weighted by atomic mass is 16.6. The number of nitrogens with one attached hydrogen (secondary N) is 1. The smallest absolute Gasteiger partial charge is 0.409 e. The summed E-state index contributed by atoms with van der Waals surface area (Å²) in [5.74, 6) is 0.104. The van der Waals surface area contributed by atoms with Gasteiger partial charge in [0.15, 0.2) is 0 Å². The molecule has 0 aliphatic carbocycles. The molecule has 6 heteroatoms. The van der Waals surface area contributed by atoms with E-state index >= 15 is 0 Å². The van der Waals surface area contributed by atoms with Crippen LogP contribution in [0.3, 0.4) is 0 Å². The highest BCUT2D eigenvalue weighted by Gasteiger charge is 2.22. The van der Waals surface area contributed by atoms with Crippen LogP contribution in [0.4, 0.5) is 4.79 Å². The fourth-order valence-corrected chi connectivity index (χ4v) is 2.08. The Hall–Kier alpha value is -1.30. The van der Waals surface area contributed by atoms with Gasteiger partial charge in [0.05, 0.1) is 6.61 Å². The highest BCUT2D eigenvalue weighted by molar-refractivity contribution is 5.76. The van der Waals surface area contributed by atoms with Crippen molar-refractivity contribution in [1.82, 2.24) is 15.1 Å². The number of rotatable bonds is 6. The van der Waals surface area contributed by atoms with Gasteiger partial charge in [-0.15, -0.1) is 0 Å². The Morgan fingerprint density at radius 3 is 2.40 bits per heavy atom. The van der Waals surface area contributed by atoms with Crippen molar-refractivity contribution in [2.24, 2.45) is 0 Å². The summed E-state index contributed by atoms with van der Waals surface area (Å²) in [7, 11) is 0. The predicted octanol–water partition coefficient (Wildman–Crippen LogP) is 1.07. The van der Waals surface area contributed by atoms with E-state index in [-0.39, 0.29) is 18.0 Å². The Balaban J connectivity index is 2.19. The fourth-order valence-electron chi connectivity index (χ4n) is 2.08. The molecule has 6 nitrogen and oxygen atoms in total. The van der Waals surface area contributed by atoms with Gasteiger partial charge in [-0.3, -0.25) is 9.69 Å². The molecule has 1 atom stereocenters. The van der Waals surface area contributed by atoms with Crippen molar-refractivity contribution in [3.05, 3.63) is 0 Å². The Bertz CT molecular complexity index is 315. The van der Waals surface area contributed by atoms with Gasteiger partial charge in [0, 0.05) is 45.2 Å². The molecule has 0 saturated carbocycles. The van der Waals surface area contributed by atoms with Crippen LogP contribution in [0.5, 0.6) is 0 Å². The van der Waals surface area contributed by atoms with E-state index < -0.39 is 0 Å². The Morgan fingerprint density at radius 1 is 1.20 bits per heavy atom. The van der Waals surface area contributed by atoms with Gasteiger partial charge in [-0.2, -0.15) is 0 Å². The van der Waals surface area contributed by atoms with Crippen LogP contribution in [-0.2, 0) is 9.53 Å². The van der Waals surface area contributed by atoms with Gasteiger partial charge < -0.3 is 15.0 Å². The lowest BCUT2D eigenvalue weighted by molar-refractivity contribution is -0.122. The molecular formula is C14H27N3O3. The van der Waals surface area contributed by atoms with Crippen molar-refractivity contribution in [3.8, 4) is 0 Å². The van der Waals surface area contributed by atoms with Crippen LogP contribution in [-0.4, -0.2) is 67.2 Å². The first-order valence-corrected chi connectivity index (χ1v) is 7.50. The van der Waals surface area contributed by atoms with Gasteiger partial charge in [-0.25, -0.2) is 4.79 Å². The lowest BCUT2D eigenvalue weighted by Crippen LogP contribution is -2.49. The van der Waals surface area contributed by atoms with Crippen LogP contribution in [0, 0.1) is 0 Å². The van der Waals surface area contributed by atoms with Crippen LogP contribution in [0.1, 0.15) is 33.6 Å². The Morgan fingerprint density at radius 2 is 1.85 bits per heavy atom. The monoisotopic (exact) mass is 285 g/mol. The molecule has 0 aromatic rings. The summed E-state index contributed by atoms with van der Waals surface area (Å²) in [6.07, 6.45) is 1.23. The maximum absolute atomic E-state index is 11.7. The van der Waals surface area contributed by atoms with Crippen molar-refractivity contribution in [1.29, 1.82) is 0 Å². The van der Waals surface area contributed by atoms with Crippen LogP contribution >= 0.6 is 0 Å². The van der Waals surface area contributed by atoms with E-state index in [2.05, 4.69) is 17.1 Å². The minimum Gasteiger partial charge on any atom is -0.450 e. The number of carbonyl (C=O) groups excluding carboxylic acids is 2. The van der Waals surface area contributed by atoms with E-state index in [0.717, 1.165) is 26.1 Å². The second kappa shape index (κ2) is 8.79. The van der Waals surface area contributed by atoms with Crippen LogP contribution < -0.4 is 5.32 Å². The zero-order valence-corrected chi connectivity index (χ0v) is 12.9. The van der Waals surface area contributed by atoms with Gasteiger partial charge in [-0.1, -0.05) is 6.92 Å². The van der Waals surface area contributed by atoms with E-state index in [1.807, 2.05) is 13.8 Å². The van der Waals surface area contributed by atoms with E-state index in [1.54, 1.807) is 4.90 Å². The largest absolute Gasteiger partial charge is 0.450 e. The van der Waals surface area contributed by atoms with Crippen LogP contribution in [0.2, 0.25) is 0 Å². The summed E-state index contributed by atoms with van der Waals surface area (Å²) in [4.78, 5) is 27.2. The average Bonchev–Trinajstić information content (AvgIpc) is 2.45. The predicted molar refractivity (Wildman–Crippen MR) is 77.5 cm³/mol. The number of ether oxygens (including phenoxy) is 1. The molecule has 2 amide bonds. The number of hydrogen-bond acceptors (Lipinski definition) is 4. The summed E-state index contributed by atoms with van der Waals surface area (Å²) in [5, 5.41) is 2.96. The first-order valence-electron chi connectivity index (χ1n) is 7.50. The number of hydrogen-bond donors (Lipinski definition) is 1. The molecule has 1 fully saturated rings. The van der Waals surface area contributed by atoms with Gasteiger partial charge in [0.1, 0.15) is 0 Å². The van der Waals surface area contributed by atoms with Gasteiger partial charge in [-0.05, 0) is 20.3 Å². The molecule has 1 saturated heterocycles. The summed E-state index contributed by atoms with van der Waals surface area (Å²) in [5.41, 5.74) is 0. The molecule has 116 valence electrons. The lowest BCUT2D eigenvalue weighted by atomic mass is 10.2. The summed E-state index contributed by atoms with van der Waals surface area (Å²) in [6, 6.07) is 0.239. The van der Waals surface area contributed by atoms with Crippen molar-refractivity contribution < 1.29 is 14.3 Å². The second-order valence-corrected chi connectivity index (χ2v) is 5.15. The fraction of sp³-hybridized carbons (Fsp3) is 0.857. The minimum absolute atomic E-state index is 0.104. The molecule has 20 heavy (non-hydrogen) atoms. The number of carbonyl (C=O) groups is 2. The maximum Gasteiger partial charge on any atom is 0.409 e. The Labute approximate surface area is 121 Å². The number of nitrogens with zero attached hydrogens (tertiary/aromatic N) is 2. The molecule has 0 bridgehead atoms. The van der Waals surface area contributed by atoms with Crippen LogP contribution in [0.15, 0.2) is 0 Å². The minimum atomic E-state index is -0.235. The SMILES string of the molecule is CCOC(=O)N1CCN(CCC(=O)NC(C)CC)CC1. The lowest BCUT2D eigenvalue weighted by Gasteiger charge is -2.33.